The number of hydrogen-bond donors (Lipinski definition) is 1. The Morgan fingerprint density at radius 1 is 1.11 bits per heavy atom. The zero-order valence-electron chi connectivity index (χ0n) is 15.1. The predicted octanol–water partition coefficient (Wildman–Crippen LogP) is 3.93. The van der Waals surface area contributed by atoms with Gasteiger partial charge in [0.25, 0.3) is 5.91 Å². The molecule has 0 aliphatic rings. The van der Waals surface area contributed by atoms with Crippen molar-refractivity contribution in [3.8, 4) is 11.8 Å². The molecular formula is C22H21N3O2. The van der Waals surface area contributed by atoms with Crippen LogP contribution < -0.4 is 10.1 Å². The molecule has 0 spiro atoms. The average molecular weight is 359 g/mol. The first-order valence-electron chi connectivity index (χ1n) is 8.75. The normalized spacial score (nSPS) is 11.4. The molecule has 27 heavy (non-hydrogen) atoms. The summed E-state index contributed by atoms with van der Waals surface area (Å²) in [6.07, 6.45) is 2.33. The number of ether oxygens (including phenoxy) is 1. The zero-order chi connectivity index (χ0) is 19.1. The quantitative estimate of drug-likeness (QED) is 0.695. The minimum absolute atomic E-state index is 0.149. The van der Waals surface area contributed by atoms with Gasteiger partial charge in [0, 0.05) is 24.0 Å². The summed E-state index contributed by atoms with van der Waals surface area (Å²) < 4.78 is 7.24. The maximum absolute atomic E-state index is 12.8. The number of aromatic nitrogens is 1. The number of carbonyl (C=O) groups is 1. The Morgan fingerprint density at radius 2 is 1.85 bits per heavy atom. The summed E-state index contributed by atoms with van der Waals surface area (Å²) >= 11 is 0. The molecule has 0 aliphatic heterocycles. The van der Waals surface area contributed by atoms with E-state index in [4.69, 9.17) is 10.00 Å². The summed E-state index contributed by atoms with van der Waals surface area (Å²) in [5, 5.41) is 12.0. The zero-order valence-corrected chi connectivity index (χ0v) is 15.1. The van der Waals surface area contributed by atoms with E-state index in [9.17, 15) is 4.79 Å². The molecule has 1 amide bonds. The van der Waals surface area contributed by atoms with Crippen molar-refractivity contribution in [1.82, 2.24) is 9.88 Å². The van der Waals surface area contributed by atoms with Crippen molar-refractivity contribution in [2.24, 2.45) is 0 Å². The number of rotatable bonds is 7. The van der Waals surface area contributed by atoms with Crippen LogP contribution in [-0.4, -0.2) is 17.6 Å². The molecule has 5 nitrogen and oxygen atoms in total. The van der Waals surface area contributed by atoms with Crippen LogP contribution in [0.1, 0.15) is 34.1 Å². The maximum Gasteiger partial charge on any atom is 0.252 e. The summed E-state index contributed by atoms with van der Waals surface area (Å²) in [5.41, 5.74) is 2.47. The van der Waals surface area contributed by atoms with Gasteiger partial charge in [0.1, 0.15) is 5.75 Å². The molecule has 1 N–H and O–H groups in total. The van der Waals surface area contributed by atoms with Crippen molar-refractivity contribution in [2.45, 2.75) is 19.0 Å². The SMILES string of the molecule is COc1ccc(C(NC(=O)c2ccccc2)c2cccn2CCC#N)cc1. The first-order valence-corrected chi connectivity index (χ1v) is 8.75. The van der Waals surface area contributed by atoms with Gasteiger partial charge in [-0.3, -0.25) is 4.79 Å². The molecule has 0 aliphatic carbocycles. The largest absolute Gasteiger partial charge is 0.497 e. The van der Waals surface area contributed by atoms with Gasteiger partial charge >= 0.3 is 0 Å². The predicted molar refractivity (Wildman–Crippen MR) is 103 cm³/mol. The van der Waals surface area contributed by atoms with Crippen LogP contribution in [0.3, 0.4) is 0 Å². The Hall–Kier alpha value is -3.52. The fourth-order valence-corrected chi connectivity index (χ4v) is 2.99. The number of amides is 1. The summed E-state index contributed by atoms with van der Waals surface area (Å²) in [6.45, 7) is 0.576. The standard InChI is InChI=1S/C22H21N3O2/c1-27-19-12-10-17(11-13-19)21(20-9-5-15-25(20)16-6-14-23)24-22(26)18-7-3-2-4-8-18/h2-5,7-13,15,21H,6,16H2,1H3,(H,24,26). The van der Waals surface area contributed by atoms with E-state index in [1.807, 2.05) is 65.4 Å². The number of nitrogens with zero attached hydrogens (tertiary/aromatic N) is 2. The second-order valence-corrected chi connectivity index (χ2v) is 6.08. The minimum atomic E-state index is -0.336. The molecule has 1 heterocycles. The smallest absolute Gasteiger partial charge is 0.252 e. The van der Waals surface area contributed by atoms with Crippen LogP contribution in [-0.2, 0) is 6.54 Å². The summed E-state index contributed by atoms with van der Waals surface area (Å²) in [6, 6.07) is 22.5. The average Bonchev–Trinajstić information content (AvgIpc) is 3.19. The molecule has 0 bridgehead atoms. The topological polar surface area (TPSA) is 67.0 Å². The van der Waals surface area contributed by atoms with E-state index in [1.165, 1.54) is 0 Å². The number of methoxy groups -OCH3 is 1. The Kier molecular flexibility index (Phi) is 5.91. The van der Waals surface area contributed by atoms with Crippen LogP contribution in [0.25, 0.3) is 0 Å². The summed E-state index contributed by atoms with van der Waals surface area (Å²) in [7, 11) is 1.62. The molecule has 1 atom stereocenters. The molecule has 0 saturated carbocycles. The number of hydrogen-bond acceptors (Lipinski definition) is 3. The fourth-order valence-electron chi connectivity index (χ4n) is 2.99. The molecule has 2 aromatic carbocycles. The molecule has 0 saturated heterocycles. The van der Waals surface area contributed by atoms with Gasteiger partial charge in [-0.05, 0) is 42.0 Å². The van der Waals surface area contributed by atoms with E-state index in [0.29, 0.717) is 18.5 Å². The van der Waals surface area contributed by atoms with E-state index < -0.39 is 0 Å². The van der Waals surface area contributed by atoms with Crippen LogP contribution in [0.15, 0.2) is 72.9 Å². The van der Waals surface area contributed by atoms with E-state index in [-0.39, 0.29) is 11.9 Å². The lowest BCUT2D eigenvalue weighted by Crippen LogP contribution is -2.30. The molecule has 1 unspecified atom stereocenters. The molecule has 1 aromatic heterocycles. The Morgan fingerprint density at radius 3 is 2.52 bits per heavy atom. The molecule has 0 radical (unpaired) electrons. The van der Waals surface area contributed by atoms with Gasteiger partial charge in [-0.1, -0.05) is 30.3 Å². The lowest BCUT2D eigenvalue weighted by Gasteiger charge is -2.22. The van der Waals surface area contributed by atoms with Crippen LogP contribution in [0.2, 0.25) is 0 Å². The highest BCUT2D eigenvalue weighted by atomic mass is 16.5. The highest BCUT2D eigenvalue weighted by molar-refractivity contribution is 5.94. The van der Waals surface area contributed by atoms with Gasteiger partial charge in [0.2, 0.25) is 0 Å². The molecule has 3 rings (SSSR count). The monoisotopic (exact) mass is 359 g/mol. The van der Waals surface area contributed by atoms with E-state index >= 15 is 0 Å². The van der Waals surface area contributed by atoms with Crippen LogP contribution in [0.4, 0.5) is 0 Å². The number of carbonyl (C=O) groups excluding carboxylic acids is 1. The number of benzene rings is 2. The van der Waals surface area contributed by atoms with Crippen molar-refractivity contribution < 1.29 is 9.53 Å². The van der Waals surface area contributed by atoms with Crippen LogP contribution in [0, 0.1) is 11.3 Å². The number of nitrogens with one attached hydrogen (secondary N) is 1. The third-order valence-electron chi connectivity index (χ3n) is 4.39. The van der Waals surface area contributed by atoms with Crippen molar-refractivity contribution in [3.05, 3.63) is 89.7 Å². The molecule has 3 aromatic rings. The molecule has 0 fully saturated rings. The first-order chi connectivity index (χ1) is 13.2. The summed E-state index contributed by atoms with van der Waals surface area (Å²) in [4.78, 5) is 12.8. The highest BCUT2D eigenvalue weighted by Gasteiger charge is 2.20. The number of nitriles is 1. The molecule has 5 heteroatoms. The van der Waals surface area contributed by atoms with Crippen LogP contribution in [0.5, 0.6) is 5.75 Å². The Balaban J connectivity index is 1.95. The van der Waals surface area contributed by atoms with E-state index in [0.717, 1.165) is 17.0 Å². The van der Waals surface area contributed by atoms with E-state index in [1.54, 1.807) is 19.2 Å². The second-order valence-electron chi connectivity index (χ2n) is 6.08. The molecular weight excluding hydrogens is 338 g/mol. The highest BCUT2D eigenvalue weighted by Crippen LogP contribution is 2.25. The fraction of sp³-hybridized carbons (Fsp3) is 0.182. The second kappa shape index (κ2) is 8.72. The first kappa shape index (κ1) is 18.3. The Labute approximate surface area is 158 Å². The van der Waals surface area contributed by atoms with Gasteiger partial charge in [-0.15, -0.1) is 0 Å². The van der Waals surface area contributed by atoms with Gasteiger partial charge in [-0.25, -0.2) is 0 Å². The Bertz CT molecular complexity index is 924. The van der Waals surface area contributed by atoms with Gasteiger partial charge < -0.3 is 14.6 Å². The van der Waals surface area contributed by atoms with Gasteiger partial charge in [-0.2, -0.15) is 5.26 Å². The van der Waals surface area contributed by atoms with Crippen LogP contribution >= 0.6 is 0 Å². The third kappa shape index (κ3) is 4.36. The lowest BCUT2D eigenvalue weighted by molar-refractivity contribution is 0.0941. The van der Waals surface area contributed by atoms with Crippen molar-refractivity contribution in [1.29, 1.82) is 5.26 Å². The van der Waals surface area contributed by atoms with Crippen molar-refractivity contribution in [3.63, 3.8) is 0 Å². The van der Waals surface area contributed by atoms with E-state index in [2.05, 4.69) is 11.4 Å². The van der Waals surface area contributed by atoms with Gasteiger partial charge in [0.05, 0.1) is 25.6 Å². The lowest BCUT2D eigenvalue weighted by atomic mass is 10.0. The summed E-state index contributed by atoms with van der Waals surface area (Å²) in [5.74, 6) is 0.608. The minimum Gasteiger partial charge on any atom is -0.497 e. The van der Waals surface area contributed by atoms with Crippen molar-refractivity contribution >= 4 is 5.91 Å². The number of aryl methyl sites for hydroxylation is 1. The molecule has 136 valence electrons. The third-order valence-corrected chi connectivity index (χ3v) is 4.39. The van der Waals surface area contributed by atoms with Gasteiger partial charge in [0.15, 0.2) is 0 Å². The maximum atomic E-state index is 12.8. The van der Waals surface area contributed by atoms with Crippen molar-refractivity contribution in [2.75, 3.05) is 7.11 Å².